The second-order valence-corrected chi connectivity index (χ2v) is 11.2. The van der Waals surface area contributed by atoms with Crippen molar-refractivity contribution in [1.82, 2.24) is 20.4 Å². The molecular formula is C31H36F2N4O6. The van der Waals surface area contributed by atoms with Gasteiger partial charge < -0.3 is 25.2 Å². The fourth-order valence-corrected chi connectivity index (χ4v) is 6.54. The number of hydrogen-bond donors (Lipinski definition) is 3. The van der Waals surface area contributed by atoms with E-state index in [1.54, 1.807) is 6.07 Å². The summed E-state index contributed by atoms with van der Waals surface area (Å²) in [5, 5.41) is 15.7. The molecule has 10 nitrogen and oxygen atoms in total. The van der Waals surface area contributed by atoms with Gasteiger partial charge in [-0.05, 0) is 67.3 Å². The van der Waals surface area contributed by atoms with Crippen LogP contribution in [0.25, 0.3) is 0 Å². The van der Waals surface area contributed by atoms with E-state index < -0.39 is 35.7 Å². The number of ether oxygens (including phenoxy) is 2. The lowest BCUT2D eigenvalue weighted by Crippen LogP contribution is -2.56. The molecule has 2 atom stereocenters. The van der Waals surface area contributed by atoms with Crippen molar-refractivity contribution in [2.24, 2.45) is 0 Å². The number of likely N-dealkylation sites (tertiary alicyclic amines) is 1. The van der Waals surface area contributed by atoms with Crippen LogP contribution in [0, 0.1) is 11.6 Å². The summed E-state index contributed by atoms with van der Waals surface area (Å²) < 4.78 is 38.2. The van der Waals surface area contributed by atoms with Gasteiger partial charge in [-0.2, -0.15) is 0 Å². The summed E-state index contributed by atoms with van der Waals surface area (Å²) in [7, 11) is 2.51. The molecule has 2 heterocycles. The minimum atomic E-state index is -1.39. The van der Waals surface area contributed by atoms with Crippen LogP contribution in [0.15, 0.2) is 53.7 Å². The standard InChI is InChI=1S/C31H36F2N4O6/c1-42-17-25-27(29(39)43-2)28(19-9-12-23(32)24(33)15-19)37(31(41)35-25)30(40)34-20-13-14-36(16-20)21-10-7-18(8-11-21)22-5-3-4-6-26(22)38/h3-6,9,12,15,18,20-21,28,38H,7-8,10-11,13-14,16-17H2,1-2H3,(H,34,40)(H,35,41)/t18?,20-,21?,28+/m1/s1. The molecule has 2 aromatic carbocycles. The average molecular weight is 599 g/mol. The van der Waals surface area contributed by atoms with Crippen LogP contribution in [-0.4, -0.2) is 78.9 Å². The van der Waals surface area contributed by atoms with E-state index in [9.17, 15) is 28.3 Å². The molecule has 0 unspecified atom stereocenters. The molecule has 3 N–H and O–H groups in total. The second kappa shape index (κ2) is 13.1. The van der Waals surface area contributed by atoms with Gasteiger partial charge in [-0.25, -0.2) is 28.1 Å². The van der Waals surface area contributed by atoms with Crippen molar-refractivity contribution in [2.75, 3.05) is 33.9 Å². The highest BCUT2D eigenvalue weighted by Crippen LogP contribution is 2.39. The van der Waals surface area contributed by atoms with Crippen LogP contribution in [0.2, 0.25) is 0 Å². The minimum absolute atomic E-state index is 0.0205. The molecule has 1 saturated heterocycles. The number of phenolic OH excluding ortho intramolecular Hbond substituents is 1. The monoisotopic (exact) mass is 598 g/mol. The molecule has 12 heteroatoms. The van der Waals surface area contributed by atoms with Crippen molar-refractivity contribution in [3.05, 3.63) is 76.5 Å². The Bertz CT molecular complexity index is 1410. The van der Waals surface area contributed by atoms with E-state index in [-0.39, 0.29) is 29.5 Å². The molecule has 0 spiro atoms. The van der Waals surface area contributed by atoms with E-state index in [2.05, 4.69) is 15.5 Å². The first-order chi connectivity index (χ1) is 20.7. The van der Waals surface area contributed by atoms with Gasteiger partial charge >= 0.3 is 18.0 Å². The highest BCUT2D eigenvalue weighted by Gasteiger charge is 2.44. The Morgan fingerprint density at radius 1 is 1.05 bits per heavy atom. The molecule has 4 amide bonds. The van der Waals surface area contributed by atoms with Gasteiger partial charge in [0.05, 0.1) is 25.0 Å². The first-order valence-corrected chi connectivity index (χ1v) is 14.4. The first-order valence-electron chi connectivity index (χ1n) is 14.4. The van der Waals surface area contributed by atoms with E-state index in [0.29, 0.717) is 30.7 Å². The van der Waals surface area contributed by atoms with Crippen LogP contribution in [0.1, 0.15) is 55.2 Å². The van der Waals surface area contributed by atoms with Gasteiger partial charge in [-0.1, -0.05) is 24.3 Å². The third-order valence-electron chi connectivity index (χ3n) is 8.64. The Labute approximate surface area is 248 Å². The summed E-state index contributed by atoms with van der Waals surface area (Å²) in [4.78, 5) is 43.0. The van der Waals surface area contributed by atoms with Gasteiger partial charge in [0.1, 0.15) is 11.8 Å². The van der Waals surface area contributed by atoms with Crippen molar-refractivity contribution in [1.29, 1.82) is 0 Å². The van der Waals surface area contributed by atoms with Crippen molar-refractivity contribution in [2.45, 2.75) is 56.1 Å². The van der Waals surface area contributed by atoms with Crippen molar-refractivity contribution in [3.8, 4) is 5.75 Å². The van der Waals surface area contributed by atoms with E-state index in [1.807, 2.05) is 18.2 Å². The molecule has 5 rings (SSSR count). The van der Waals surface area contributed by atoms with Crippen LogP contribution >= 0.6 is 0 Å². The smallest absolute Gasteiger partial charge is 0.338 e. The Hall–Kier alpha value is -4.03. The number of halogens is 2. The predicted octanol–water partition coefficient (Wildman–Crippen LogP) is 4.32. The molecule has 3 aliphatic rings. The van der Waals surface area contributed by atoms with E-state index in [0.717, 1.165) is 61.9 Å². The van der Waals surface area contributed by atoms with Crippen LogP contribution in [-0.2, 0) is 14.3 Å². The van der Waals surface area contributed by atoms with Crippen molar-refractivity contribution < 1.29 is 37.7 Å². The number of aromatic hydroxyl groups is 1. The van der Waals surface area contributed by atoms with Crippen LogP contribution in [0.4, 0.5) is 18.4 Å². The number of hydrogen-bond acceptors (Lipinski definition) is 7. The molecule has 230 valence electrons. The number of rotatable bonds is 7. The minimum Gasteiger partial charge on any atom is -0.508 e. The van der Waals surface area contributed by atoms with Crippen molar-refractivity contribution in [3.63, 3.8) is 0 Å². The molecule has 0 bridgehead atoms. The van der Waals surface area contributed by atoms with E-state index in [1.165, 1.54) is 13.2 Å². The average Bonchev–Trinajstić information content (AvgIpc) is 3.46. The fourth-order valence-electron chi connectivity index (χ4n) is 6.54. The SMILES string of the molecule is COCC1=C(C(=O)OC)[C@H](c2ccc(F)c(F)c2)N(C(=O)N[C@@H]2CCN(C3CCC(c4ccccc4O)CC3)C2)C(=O)N1. The zero-order chi connectivity index (χ0) is 30.7. The largest absolute Gasteiger partial charge is 0.508 e. The maximum absolute atomic E-state index is 14.3. The third kappa shape index (κ3) is 6.35. The number of para-hydroxylation sites is 1. The number of urea groups is 2. The van der Waals surface area contributed by atoms with Gasteiger partial charge in [-0.3, -0.25) is 4.90 Å². The summed E-state index contributed by atoms with van der Waals surface area (Å²) >= 11 is 0. The number of carbonyl (C=O) groups is 3. The molecule has 2 aromatic rings. The first kappa shape index (κ1) is 30.4. The second-order valence-electron chi connectivity index (χ2n) is 11.2. The normalized spacial score (nSPS) is 24.6. The Balaban J connectivity index is 1.31. The van der Waals surface area contributed by atoms with Crippen molar-refractivity contribution >= 4 is 18.0 Å². The lowest BCUT2D eigenvalue weighted by Gasteiger charge is -2.37. The highest BCUT2D eigenvalue weighted by atomic mass is 19.2. The topological polar surface area (TPSA) is 120 Å². The lowest BCUT2D eigenvalue weighted by molar-refractivity contribution is -0.137. The van der Waals surface area contributed by atoms with Crippen LogP contribution in [0.3, 0.4) is 0 Å². The molecular weight excluding hydrogens is 562 g/mol. The summed E-state index contributed by atoms with van der Waals surface area (Å²) in [6.45, 7) is 1.16. The Morgan fingerprint density at radius 3 is 2.47 bits per heavy atom. The summed E-state index contributed by atoms with van der Waals surface area (Å²) in [6.07, 6.45) is 4.48. The number of nitrogens with one attached hydrogen (secondary N) is 2. The molecule has 1 saturated carbocycles. The molecule has 0 aromatic heterocycles. The summed E-state index contributed by atoms with van der Waals surface area (Å²) in [6, 6.07) is 7.47. The van der Waals surface area contributed by atoms with Crippen LogP contribution < -0.4 is 10.6 Å². The number of methoxy groups -OCH3 is 2. The van der Waals surface area contributed by atoms with Gasteiger partial charge in [0.2, 0.25) is 0 Å². The molecule has 43 heavy (non-hydrogen) atoms. The maximum Gasteiger partial charge on any atom is 0.338 e. The van der Waals surface area contributed by atoms with Gasteiger partial charge in [0.15, 0.2) is 11.6 Å². The number of benzene rings is 2. The fraction of sp³-hybridized carbons (Fsp3) is 0.452. The zero-order valence-electron chi connectivity index (χ0n) is 24.1. The van der Waals surface area contributed by atoms with E-state index >= 15 is 0 Å². The lowest BCUT2D eigenvalue weighted by atomic mass is 9.81. The van der Waals surface area contributed by atoms with Crippen LogP contribution in [0.5, 0.6) is 5.75 Å². The predicted molar refractivity (Wildman–Crippen MR) is 152 cm³/mol. The van der Waals surface area contributed by atoms with Gasteiger partial charge in [-0.15, -0.1) is 0 Å². The number of carbonyl (C=O) groups excluding carboxylic acids is 3. The molecule has 2 aliphatic heterocycles. The number of phenols is 1. The Morgan fingerprint density at radius 2 is 1.79 bits per heavy atom. The van der Waals surface area contributed by atoms with Gasteiger partial charge in [0, 0.05) is 32.3 Å². The zero-order valence-corrected chi connectivity index (χ0v) is 24.1. The molecule has 0 radical (unpaired) electrons. The summed E-state index contributed by atoms with van der Waals surface area (Å²) in [5.74, 6) is -2.52. The quantitative estimate of drug-likeness (QED) is 0.406. The molecule has 1 aliphatic carbocycles. The van der Waals surface area contributed by atoms with Gasteiger partial charge in [0.25, 0.3) is 0 Å². The highest BCUT2D eigenvalue weighted by molar-refractivity contribution is 6.01. The van der Waals surface area contributed by atoms with E-state index in [4.69, 9.17) is 9.47 Å². The molecule has 2 fully saturated rings. The number of esters is 1. The third-order valence-corrected chi connectivity index (χ3v) is 8.64. The number of imide groups is 1. The number of amides is 4. The Kier molecular flexibility index (Phi) is 9.26. The maximum atomic E-state index is 14.3. The summed E-state index contributed by atoms with van der Waals surface area (Å²) in [5.41, 5.74) is 0.938. The number of nitrogens with zero attached hydrogens (tertiary/aromatic N) is 2.